The highest BCUT2D eigenvalue weighted by Crippen LogP contribution is 2.38. The molecular formula is C21H25FN2O3. The van der Waals surface area contributed by atoms with Gasteiger partial charge in [-0.1, -0.05) is 12.1 Å². The summed E-state index contributed by atoms with van der Waals surface area (Å²) in [5.41, 5.74) is 1.91. The number of carbonyl (C=O) groups excluding carboxylic acids is 1. The minimum atomic E-state index is -0.280. The summed E-state index contributed by atoms with van der Waals surface area (Å²) in [7, 11) is 3.29. The highest BCUT2D eigenvalue weighted by molar-refractivity contribution is 5.78. The average molecular weight is 372 g/mol. The van der Waals surface area contributed by atoms with Crippen LogP contribution in [0.5, 0.6) is 11.5 Å². The van der Waals surface area contributed by atoms with Crippen LogP contribution in [-0.4, -0.2) is 38.1 Å². The summed E-state index contributed by atoms with van der Waals surface area (Å²) < 4.78 is 23.8. The smallest absolute Gasteiger partial charge is 0.234 e. The first-order chi connectivity index (χ1) is 13.1. The van der Waals surface area contributed by atoms with E-state index in [9.17, 15) is 9.18 Å². The number of ether oxygens (including phenoxy) is 2. The fraction of sp³-hybridized carbons (Fsp3) is 0.381. The third-order valence-corrected chi connectivity index (χ3v) is 4.91. The second-order valence-electron chi connectivity index (χ2n) is 6.64. The van der Waals surface area contributed by atoms with Gasteiger partial charge in [-0.15, -0.1) is 0 Å². The lowest BCUT2D eigenvalue weighted by Gasteiger charge is -2.26. The summed E-state index contributed by atoms with van der Waals surface area (Å²) in [6, 6.07) is 12.0. The minimum Gasteiger partial charge on any atom is -0.497 e. The number of hydrogen-bond acceptors (Lipinski definition) is 4. The maximum Gasteiger partial charge on any atom is 0.234 e. The molecule has 1 amide bonds. The second-order valence-corrected chi connectivity index (χ2v) is 6.64. The molecule has 2 aromatic carbocycles. The van der Waals surface area contributed by atoms with Crippen LogP contribution >= 0.6 is 0 Å². The lowest BCUT2D eigenvalue weighted by Crippen LogP contribution is -2.36. The van der Waals surface area contributed by atoms with Gasteiger partial charge in [0.2, 0.25) is 5.91 Å². The standard InChI is InChI=1S/C21H25FN2O3/c1-26-17-9-10-20(27-2)18(12-17)19-4-3-11-24(19)14-21(25)23-13-15-5-7-16(22)8-6-15/h5-10,12,19H,3-4,11,13-14H2,1-2H3,(H,23,25). The monoisotopic (exact) mass is 372 g/mol. The number of methoxy groups -OCH3 is 2. The fourth-order valence-electron chi connectivity index (χ4n) is 3.51. The van der Waals surface area contributed by atoms with Gasteiger partial charge in [-0.25, -0.2) is 4.39 Å². The molecule has 1 fully saturated rings. The van der Waals surface area contributed by atoms with Crippen molar-refractivity contribution in [2.75, 3.05) is 27.3 Å². The van der Waals surface area contributed by atoms with Gasteiger partial charge in [-0.2, -0.15) is 0 Å². The summed E-state index contributed by atoms with van der Waals surface area (Å²) in [6.45, 7) is 1.56. The number of hydrogen-bond donors (Lipinski definition) is 1. The van der Waals surface area contributed by atoms with Crippen molar-refractivity contribution in [3.8, 4) is 11.5 Å². The van der Waals surface area contributed by atoms with Crippen molar-refractivity contribution in [2.24, 2.45) is 0 Å². The first-order valence-corrected chi connectivity index (χ1v) is 9.08. The molecule has 1 unspecified atom stereocenters. The Bertz CT molecular complexity index is 779. The normalized spacial score (nSPS) is 16.9. The molecule has 1 heterocycles. The van der Waals surface area contributed by atoms with Crippen LogP contribution in [0.4, 0.5) is 4.39 Å². The number of nitrogens with one attached hydrogen (secondary N) is 1. The molecule has 6 heteroatoms. The first-order valence-electron chi connectivity index (χ1n) is 9.08. The summed E-state index contributed by atoms with van der Waals surface area (Å²) in [5.74, 6) is 1.25. The summed E-state index contributed by atoms with van der Waals surface area (Å²) >= 11 is 0. The first kappa shape index (κ1) is 19.2. The number of carbonyl (C=O) groups is 1. The van der Waals surface area contributed by atoms with Gasteiger partial charge in [0, 0.05) is 18.2 Å². The van der Waals surface area contributed by atoms with E-state index < -0.39 is 0 Å². The van der Waals surface area contributed by atoms with Gasteiger partial charge in [0.15, 0.2) is 0 Å². The van der Waals surface area contributed by atoms with E-state index in [1.54, 1.807) is 26.4 Å². The third-order valence-electron chi connectivity index (χ3n) is 4.91. The molecule has 1 aliphatic rings. The highest BCUT2D eigenvalue weighted by atomic mass is 19.1. The van der Waals surface area contributed by atoms with E-state index in [-0.39, 0.29) is 17.8 Å². The molecular weight excluding hydrogens is 347 g/mol. The van der Waals surface area contributed by atoms with Crippen molar-refractivity contribution < 1.29 is 18.7 Å². The zero-order valence-corrected chi connectivity index (χ0v) is 15.7. The van der Waals surface area contributed by atoms with E-state index in [1.807, 2.05) is 18.2 Å². The van der Waals surface area contributed by atoms with Gasteiger partial charge < -0.3 is 14.8 Å². The Kier molecular flexibility index (Phi) is 6.29. The van der Waals surface area contributed by atoms with Crippen LogP contribution in [-0.2, 0) is 11.3 Å². The maximum atomic E-state index is 13.0. The SMILES string of the molecule is COc1ccc(OC)c(C2CCCN2CC(=O)NCc2ccc(F)cc2)c1. The second kappa shape index (κ2) is 8.86. The molecule has 0 bridgehead atoms. The van der Waals surface area contributed by atoms with E-state index in [1.165, 1.54) is 12.1 Å². The number of amides is 1. The van der Waals surface area contributed by atoms with Gasteiger partial charge in [0.1, 0.15) is 17.3 Å². The predicted octanol–water partition coefficient (Wildman–Crippen LogP) is 3.30. The van der Waals surface area contributed by atoms with Crippen molar-refractivity contribution in [2.45, 2.75) is 25.4 Å². The van der Waals surface area contributed by atoms with Gasteiger partial charge >= 0.3 is 0 Å². The Balaban J connectivity index is 1.64. The Morgan fingerprint density at radius 2 is 1.96 bits per heavy atom. The highest BCUT2D eigenvalue weighted by Gasteiger charge is 2.30. The summed E-state index contributed by atoms with van der Waals surface area (Å²) in [4.78, 5) is 14.6. The molecule has 0 saturated carbocycles. The molecule has 2 aromatic rings. The van der Waals surface area contributed by atoms with Crippen LogP contribution in [0.25, 0.3) is 0 Å². The lowest BCUT2D eigenvalue weighted by molar-refractivity contribution is -0.122. The Morgan fingerprint density at radius 1 is 1.19 bits per heavy atom. The number of likely N-dealkylation sites (tertiary alicyclic amines) is 1. The minimum absolute atomic E-state index is 0.0481. The molecule has 0 aliphatic carbocycles. The van der Waals surface area contributed by atoms with Crippen LogP contribution in [0.1, 0.15) is 30.0 Å². The van der Waals surface area contributed by atoms with Crippen LogP contribution in [0.2, 0.25) is 0 Å². The summed E-state index contributed by atoms with van der Waals surface area (Å²) in [6.07, 6.45) is 1.99. The Hall–Kier alpha value is -2.60. The van der Waals surface area contributed by atoms with Crippen molar-refractivity contribution in [1.29, 1.82) is 0 Å². The molecule has 0 aromatic heterocycles. The van der Waals surface area contributed by atoms with E-state index in [4.69, 9.17) is 9.47 Å². The van der Waals surface area contributed by atoms with E-state index in [0.29, 0.717) is 13.1 Å². The maximum absolute atomic E-state index is 13.0. The van der Waals surface area contributed by atoms with Crippen LogP contribution in [0.15, 0.2) is 42.5 Å². The van der Waals surface area contributed by atoms with Gasteiger partial charge in [-0.05, 0) is 55.3 Å². The van der Waals surface area contributed by atoms with Crippen molar-refractivity contribution >= 4 is 5.91 Å². The third kappa shape index (κ3) is 4.77. The van der Waals surface area contributed by atoms with Crippen molar-refractivity contribution in [3.63, 3.8) is 0 Å². The molecule has 27 heavy (non-hydrogen) atoms. The Morgan fingerprint density at radius 3 is 2.67 bits per heavy atom. The molecule has 5 nitrogen and oxygen atoms in total. The van der Waals surface area contributed by atoms with Crippen molar-refractivity contribution in [1.82, 2.24) is 10.2 Å². The predicted molar refractivity (Wildman–Crippen MR) is 101 cm³/mol. The Labute approximate surface area is 159 Å². The zero-order valence-electron chi connectivity index (χ0n) is 15.7. The zero-order chi connectivity index (χ0) is 19.2. The number of benzene rings is 2. The van der Waals surface area contributed by atoms with E-state index in [2.05, 4.69) is 10.2 Å². The largest absolute Gasteiger partial charge is 0.497 e. The molecule has 3 rings (SSSR count). The molecule has 1 saturated heterocycles. The van der Waals surface area contributed by atoms with Crippen molar-refractivity contribution in [3.05, 3.63) is 59.4 Å². The molecule has 0 radical (unpaired) electrons. The van der Waals surface area contributed by atoms with Gasteiger partial charge in [0.25, 0.3) is 0 Å². The number of rotatable bonds is 7. The molecule has 0 spiro atoms. The molecule has 144 valence electrons. The number of halogens is 1. The quantitative estimate of drug-likeness (QED) is 0.810. The fourth-order valence-corrected chi connectivity index (χ4v) is 3.51. The summed E-state index contributed by atoms with van der Waals surface area (Å²) in [5, 5.41) is 2.91. The van der Waals surface area contributed by atoms with Gasteiger partial charge in [0.05, 0.1) is 20.8 Å². The number of nitrogens with zero attached hydrogens (tertiary/aromatic N) is 1. The molecule has 1 N–H and O–H groups in total. The molecule has 1 atom stereocenters. The lowest BCUT2D eigenvalue weighted by atomic mass is 10.0. The average Bonchev–Trinajstić information content (AvgIpc) is 3.14. The van der Waals surface area contributed by atoms with Crippen LogP contribution < -0.4 is 14.8 Å². The van der Waals surface area contributed by atoms with Crippen LogP contribution in [0.3, 0.4) is 0 Å². The van der Waals surface area contributed by atoms with E-state index >= 15 is 0 Å². The topological polar surface area (TPSA) is 50.8 Å². The van der Waals surface area contributed by atoms with Gasteiger partial charge in [-0.3, -0.25) is 9.69 Å². The van der Waals surface area contributed by atoms with E-state index in [0.717, 1.165) is 42.0 Å². The molecule has 1 aliphatic heterocycles. The van der Waals surface area contributed by atoms with Crippen LogP contribution in [0, 0.1) is 5.82 Å².